The number of nitrogens with one attached hydrogen (secondary N) is 2. The molecule has 2 aliphatic carbocycles. The van der Waals surface area contributed by atoms with Crippen molar-refractivity contribution >= 4 is 23.9 Å². The number of carbonyl (C=O) groups excluding carboxylic acids is 3. The summed E-state index contributed by atoms with van der Waals surface area (Å²) < 4.78 is 11.3. The summed E-state index contributed by atoms with van der Waals surface area (Å²) in [6.07, 6.45) is 1.83. The highest BCUT2D eigenvalue weighted by Crippen LogP contribution is 2.63. The van der Waals surface area contributed by atoms with E-state index in [9.17, 15) is 24.3 Å². The van der Waals surface area contributed by atoms with Gasteiger partial charge in [0.1, 0.15) is 24.8 Å². The Kier molecular flexibility index (Phi) is 9.05. The van der Waals surface area contributed by atoms with Crippen molar-refractivity contribution in [2.45, 2.75) is 78.2 Å². The topological polar surface area (TPSA) is 131 Å². The fraction of sp³-hybridized carbons (Fsp3) is 0.500. The molecule has 4 rings (SSSR count). The number of amides is 2. The Morgan fingerprint density at radius 3 is 2.12 bits per heavy atom. The molecule has 0 aromatic heterocycles. The molecule has 0 heterocycles. The lowest BCUT2D eigenvalue weighted by Gasteiger charge is -2.42. The molecule has 2 aliphatic rings. The maximum Gasteiger partial charge on any atom is 0.408 e. The highest BCUT2D eigenvalue weighted by atomic mass is 16.6. The molecule has 9 heteroatoms. The first kappa shape index (κ1) is 30.1. The van der Waals surface area contributed by atoms with E-state index < -0.39 is 41.9 Å². The first-order chi connectivity index (χ1) is 19.4. The molecule has 9 nitrogen and oxygen atoms in total. The first-order valence-corrected chi connectivity index (χ1v) is 14.2. The van der Waals surface area contributed by atoms with E-state index in [0.29, 0.717) is 11.5 Å². The summed E-state index contributed by atoms with van der Waals surface area (Å²) in [5.74, 6) is -3.53. The van der Waals surface area contributed by atoms with Crippen LogP contribution in [0.1, 0.15) is 58.1 Å². The Hall–Kier alpha value is -3.88. The zero-order valence-corrected chi connectivity index (χ0v) is 24.1. The predicted octanol–water partition coefficient (Wildman–Crippen LogP) is 4.49. The average Bonchev–Trinajstić information content (AvgIpc) is 3.43. The summed E-state index contributed by atoms with van der Waals surface area (Å²) >= 11 is 0. The number of hydrogen-bond acceptors (Lipinski definition) is 6. The third-order valence-corrected chi connectivity index (χ3v) is 8.87. The zero-order valence-electron chi connectivity index (χ0n) is 24.1. The van der Waals surface area contributed by atoms with Crippen LogP contribution in [0.25, 0.3) is 0 Å². The van der Waals surface area contributed by atoms with E-state index in [-0.39, 0.29) is 30.0 Å². The van der Waals surface area contributed by atoms with Gasteiger partial charge in [-0.05, 0) is 49.7 Å². The second-order valence-corrected chi connectivity index (χ2v) is 12.3. The molecule has 2 aromatic rings. The summed E-state index contributed by atoms with van der Waals surface area (Å²) in [6, 6.07) is 15.2. The number of rotatable bonds is 11. The van der Waals surface area contributed by atoms with Crippen LogP contribution >= 0.6 is 0 Å². The highest BCUT2D eigenvalue weighted by molar-refractivity contribution is 5.93. The van der Waals surface area contributed by atoms with Gasteiger partial charge in [-0.25, -0.2) is 9.59 Å². The molecule has 4 unspecified atom stereocenters. The van der Waals surface area contributed by atoms with E-state index >= 15 is 0 Å². The average molecular weight is 565 g/mol. The van der Waals surface area contributed by atoms with Crippen LogP contribution in [-0.4, -0.2) is 47.2 Å². The Bertz CT molecular complexity index is 1240. The van der Waals surface area contributed by atoms with Crippen LogP contribution in [0.5, 0.6) is 0 Å². The van der Waals surface area contributed by atoms with Crippen LogP contribution in [0.3, 0.4) is 0 Å². The van der Waals surface area contributed by atoms with Crippen LogP contribution < -0.4 is 10.6 Å². The first-order valence-electron chi connectivity index (χ1n) is 14.2. The molecule has 2 bridgehead atoms. The maximum absolute atomic E-state index is 13.5. The van der Waals surface area contributed by atoms with E-state index in [4.69, 9.17) is 9.47 Å². The minimum atomic E-state index is -1.51. The molecule has 2 saturated carbocycles. The van der Waals surface area contributed by atoms with Gasteiger partial charge in [0.15, 0.2) is 0 Å². The van der Waals surface area contributed by atoms with Crippen LogP contribution in [0.2, 0.25) is 0 Å². The zero-order chi connectivity index (χ0) is 29.8. The van der Waals surface area contributed by atoms with Gasteiger partial charge in [-0.15, -0.1) is 0 Å². The molecule has 2 aromatic carbocycles. The van der Waals surface area contributed by atoms with Gasteiger partial charge in [0.25, 0.3) is 0 Å². The van der Waals surface area contributed by atoms with Crippen LogP contribution in [-0.2, 0) is 36.9 Å². The minimum Gasteiger partial charge on any atom is -0.481 e. The van der Waals surface area contributed by atoms with Gasteiger partial charge in [-0.3, -0.25) is 9.59 Å². The summed E-state index contributed by atoms with van der Waals surface area (Å²) in [5.41, 5.74) is 1.13. The summed E-state index contributed by atoms with van der Waals surface area (Å²) in [6.45, 7) is 7.82. The second-order valence-electron chi connectivity index (χ2n) is 12.3. The van der Waals surface area contributed by atoms with Crippen molar-refractivity contribution in [3.63, 3.8) is 0 Å². The van der Waals surface area contributed by atoms with Crippen molar-refractivity contribution in [3.8, 4) is 0 Å². The van der Waals surface area contributed by atoms with E-state index in [1.54, 1.807) is 54.6 Å². The fourth-order valence-electron chi connectivity index (χ4n) is 6.59. The summed E-state index contributed by atoms with van der Waals surface area (Å²) in [7, 11) is 0. The quantitative estimate of drug-likeness (QED) is 0.343. The van der Waals surface area contributed by atoms with Crippen LogP contribution in [0, 0.1) is 22.7 Å². The standard InChI is InChI=1S/C32H40N2O7/c1-20(28(38)41-29-31(2,3)23-15-16-32(29,4)18-23)33-26(35)25(24(27(36)37)17-21-11-7-5-8-12-21)34-30(39)40-19-22-13-9-6-10-14-22/h5-14,20,23-25,29H,15-19H2,1-4H3,(H,33,35)(H,34,39)(H,36,37)/t20-,23?,24?,25+,29?,32?/m1/s1. The molecular weight excluding hydrogens is 524 g/mol. The minimum absolute atomic E-state index is 0.0257. The predicted molar refractivity (Wildman–Crippen MR) is 152 cm³/mol. The normalized spacial score (nSPS) is 24.5. The van der Waals surface area contributed by atoms with Crippen molar-refractivity contribution in [2.75, 3.05) is 0 Å². The van der Waals surface area contributed by atoms with Crippen LogP contribution in [0.4, 0.5) is 4.79 Å². The second kappa shape index (κ2) is 12.3. The lowest BCUT2D eigenvalue weighted by molar-refractivity contribution is -0.167. The van der Waals surface area contributed by atoms with E-state index in [2.05, 4.69) is 31.4 Å². The number of ether oxygens (including phenoxy) is 2. The molecule has 0 radical (unpaired) electrons. The van der Waals surface area contributed by atoms with E-state index in [1.165, 1.54) is 6.92 Å². The molecule has 2 fully saturated rings. The number of alkyl carbamates (subject to hydrolysis) is 1. The molecule has 6 atom stereocenters. The fourth-order valence-corrected chi connectivity index (χ4v) is 6.59. The van der Waals surface area contributed by atoms with Gasteiger partial charge in [0.2, 0.25) is 5.91 Å². The monoisotopic (exact) mass is 564 g/mol. The van der Waals surface area contributed by atoms with Crippen molar-refractivity contribution in [1.82, 2.24) is 10.6 Å². The van der Waals surface area contributed by atoms with Gasteiger partial charge in [-0.1, -0.05) is 81.4 Å². The summed E-state index contributed by atoms with van der Waals surface area (Å²) in [5, 5.41) is 15.1. The molecule has 0 aliphatic heterocycles. The number of hydrogen-bond donors (Lipinski definition) is 3. The molecular formula is C32H40N2O7. The number of carboxylic acid groups (broad SMARTS) is 1. The third-order valence-electron chi connectivity index (χ3n) is 8.87. The summed E-state index contributed by atoms with van der Waals surface area (Å²) in [4.78, 5) is 51.8. The number of carboxylic acids is 1. The van der Waals surface area contributed by atoms with Gasteiger partial charge in [-0.2, -0.15) is 0 Å². The molecule has 2 amide bonds. The van der Waals surface area contributed by atoms with Gasteiger partial charge in [0.05, 0.1) is 5.92 Å². The van der Waals surface area contributed by atoms with Crippen LogP contribution in [0.15, 0.2) is 60.7 Å². The van der Waals surface area contributed by atoms with E-state index in [0.717, 1.165) is 24.8 Å². The highest BCUT2D eigenvalue weighted by Gasteiger charge is 2.61. The SMILES string of the molecule is C[C@@H](NC(=O)[C@@H](NC(=O)OCc1ccccc1)C(Cc1ccccc1)C(=O)O)C(=O)OC1C2(C)CCC(C2)C1(C)C. The Balaban J connectivity index is 1.47. The van der Waals surface area contributed by atoms with Crippen molar-refractivity contribution in [1.29, 1.82) is 0 Å². The number of benzene rings is 2. The van der Waals surface area contributed by atoms with E-state index in [1.807, 2.05) is 6.07 Å². The van der Waals surface area contributed by atoms with Gasteiger partial charge in [0, 0.05) is 10.8 Å². The Morgan fingerprint density at radius 2 is 1.56 bits per heavy atom. The third kappa shape index (κ3) is 6.89. The van der Waals surface area contributed by atoms with Gasteiger partial charge >= 0.3 is 18.0 Å². The number of fused-ring (bicyclic) bond motifs is 2. The number of esters is 1. The number of carbonyl (C=O) groups is 4. The number of aliphatic carboxylic acids is 1. The van der Waals surface area contributed by atoms with Crippen molar-refractivity contribution in [3.05, 3.63) is 71.8 Å². The Morgan fingerprint density at radius 1 is 0.951 bits per heavy atom. The lowest BCUT2D eigenvalue weighted by atomic mass is 9.70. The van der Waals surface area contributed by atoms with Gasteiger partial charge < -0.3 is 25.2 Å². The largest absolute Gasteiger partial charge is 0.481 e. The molecule has 41 heavy (non-hydrogen) atoms. The van der Waals surface area contributed by atoms with Crippen molar-refractivity contribution in [2.24, 2.45) is 22.7 Å². The smallest absolute Gasteiger partial charge is 0.408 e. The lowest BCUT2D eigenvalue weighted by Crippen LogP contribution is -2.56. The molecule has 0 spiro atoms. The van der Waals surface area contributed by atoms with Crippen molar-refractivity contribution < 1.29 is 33.8 Å². The Labute approximate surface area is 241 Å². The maximum atomic E-state index is 13.5. The molecule has 220 valence electrons. The molecule has 0 saturated heterocycles. The molecule has 3 N–H and O–H groups in total.